The van der Waals surface area contributed by atoms with Crippen LogP contribution in [0.4, 0.5) is 0 Å². The van der Waals surface area contributed by atoms with Crippen molar-refractivity contribution in [3.8, 4) is 0 Å². The Morgan fingerprint density at radius 3 is 1.96 bits per heavy atom. The highest BCUT2D eigenvalue weighted by Gasteiger charge is 2.78. The molecule has 50 heavy (non-hydrogen) atoms. The standard InChI is InChI=1S/C36H50O14/c1-18(2)12-29(40)48-26-15-27(49-30(41)13-19(3)4)35(17-45-35)31-32(47-23(8)39)36(43)20(5)33(42)50-28(36)14-24(16-44-21(6)37)10-11-25(34(26,31)9)46-22(7)38/h10-11,14,18-20,25-28,31-32,43H,12-13,15-17H2,1-9H3/b11-10-,24-14+/t20-,25-,26-,27+,28-,31+,32-,34-,35+,36-/m0/s1. The van der Waals surface area contributed by atoms with Crippen molar-refractivity contribution in [3.05, 3.63) is 23.8 Å². The lowest BCUT2D eigenvalue weighted by Crippen LogP contribution is -2.72. The van der Waals surface area contributed by atoms with Crippen molar-refractivity contribution in [1.29, 1.82) is 0 Å². The molecule has 0 aromatic rings. The van der Waals surface area contributed by atoms with Crippen LogP contribution in [0.2, 0.25) is 0 Å². The second kappa shape index (κ2) is 14.8. The van der Waals surface area contributed by atoms with E-state index in [2.05, 4.69) is 0 Å². The minimum Gasteiger partial charge on any atom is -0.461 e. The van der Waals surface area contributed by atoms with Gasteiger partial charge in [-0.1, -0.05) is 40.7 Å². The van der Waals surface area contributed by atoms with Crippen LogP contribution in [0.15, 0.2) is 23.8 Å². The summed E-state index contributed by atoms with van der Waals surface area (Å²) in [5.41, 5.74) is -5.09. The zero-order valence-electron chi connectivity index (χ0n) is 30.2. The third-order valence-corrected chi connectivity index (χ3v) is 10.0. The van der Waals surface area contributed by atoms with Crippen LogP contribution < -0.4 is 0 Å². The van der Waals surface area contributed by atoms with Gasteiger partial charge in [0.25, 0.3) is 0 Å². The van der Waals surface area contributed by atoms with Crippen LogP contribution in [0.25, 0.3) is 0 Å². The van der Waals surface area contributed by atoms with Crippen molar-refractivity contribution in [2.24, 2.45) is 29.1 Å². The fourth-order valence-corrected chi connectivity index (χ4v) is 7.60. The molecule has 0 amide bonds. The van der Waals surface area contributed by atoms with Crippen LogP contribution in [-0.4, -0.2) is 95.9 Å². The molecule has 3 fully saturated rings. The Morgan fingerprint density at radius 2 is 1.46 bits per heavy atom. The summed E-state index contributed by atoms with van der Waals surface area (Å²) >= 11 is 0. The SMILES string of the molecule is CC(=O)OCC1=C/[C@@H]2OC(=O)[C@H](C)[C@@]2(O)[C@@H](OC(C)=O)[C@H]2[C@@]3(CO3)[C@H](OC(=O)CC(C)C)C[C@H](OC(=O)CC(C)C)[C@]2(C)[C@@H](OC(C)=O)/C=C\1. The first-order valence-corrected chi connectivity index (χ1v) is 17.1. The van der Waals surface area contributed by atoms with Crippen LogP contribution in [-0.2, 0) is 61.9 Å². The Kier molecular flexibility index (Phi) is 11.6. The molecular weight excluding hydrogens is 656 g/mol. The highest BCUT2D eigenvalue weighted by molar-refractivity contribution is 5.78. The Hall–Kier alpha value is -3.78. The van der Waals surface area contributed by atoms with E-state index >= 15 is 0 Å². The molecule has 0 radical (unpaired) electrons. The van der Waals surface area contributed by atoms with E-state index in [0.717, 1.165) is 6.92 Å². The van der Waals surface area contributed by atoms with E-state index in [9.17, 15) is 33.9 Å². The summed E-state index contributed by atoms with van der Waals surface area (Å²) in [4.78, 5) is 77.6. The Bertz CT molecular complexity index is 1430. The van der Waals surface area contributed by atoms with E-state index < -0.39 is 94.8 Å². The third kappa shape index (κ3) is 7.75. The first-order valence-electron chi connectivity index (χ1n) is 17.1. The zero-order chi connectivity index (χ0) is 37.3. The van der Waals surface area contributed by atoms with Crippen molar-refractivity contribution in [3.63, 3.8) is 0 Å². The molecular formula is C36H50O14. The molecule has 0 aromatic heterocycles. The summed E-state index contributed by atoms with van der Waals surface area (Å²) in [5.74, 6) is -6.78. The molecule has 2 heterocycles. The van der Waals surface area contributed by atoms with Crippen LogP contribution in [0.5, 0.6) is 0 Å². The second-order valence-electron chi connectivity index (χ2n) is 14.9. The van der Waals surface area contributed by atoms with E-state index in [4.69, 9.17) is 33.2 Å². The van der Waals surface area contributed by atoms with Crippen molar-refractivity contribution in [2.45, 2.75) is 123 Å². The number of hydrogen-bond donors (Lipinski definition) is 1. The maximum atomic E-state index is 13.5. The van der Waals surface area contributed by atoms with Crippen molar-refractivity contribution >= 4 is 35.8 Å². The molecule has 1 spiro atoms. The molecule has 4 rings (SSSR count). The van der Waals surface area contributed by atoms with Crippen molar-refractivity contribution in [1.82, 2.24) is 0 Å². The minimum absolute atomic E-state index is 0.0266. The number of carbonyl (C=O) groups is 6. The summed E-state index contributed by atoms with van der Waals surface area (Å²) < 4.78 is 41.4. The molecule has 2 aliphatic heterocycles. The van der Waals surface area contributed by atoms with E-state index in [1.54, 1.807) is 6.92 Å². The maximum Gasteiger partial charge on any atom is 0.312 e. The van der Waals surface area contributed by atoms with Crippen LogP contribution in [0.3, 0.4) is 0 Å². The van der Waals surface area contributed by atoms with E-state index in [1.807, 2.05) is 27.7 Å². The summed E-state index contributed by atoms with van der Waals surface area (Å²) in [6, 6.07) is 0. The third-order valence-electron chi connectivity index (χ3n) is 10.0. The van der Waals surface area contributed by atoms with Crippen molar-refractivity contribution < 1.29 is 67.0 Å². The van der Waals surface area contributed by atoms with E-state index in [0.29, 0.717) is 0 Å². The molecule has 0 bridgehead atoms. The first kappa shape index (κ1) is 39.0. The summed E-state index contributed by atoms with van der Waals surface area (Å²) in [6.45, 7) is 13.6. The van der Waals surface area contributed by atoms with Gasteiger partial charge < -0.3 is 38.3 Å². The fraction of sp³-hybridized carbons (Fsp3) is 0.722. The van der Waals surface area contributed by atoms with Crippen LogP contribution >= 0.6 is 0 Å². The average Bonchev–Trinajstić information content (AvgIpc) is 3.73. The summed E-state index contributed by atoms with van der Waals surface area (Å²) in [6.07, 6.45) is -2.22. The number of aliphatic hydroxyl groups is 1. The van der Waals surface area contributed by atoms with Gasteiger partial charge >= 0.3 is 35.8 Å². The lowest BCUT2D eigenvalue weighted by Gasteiger charge is -2.57. The van der Waals surface area contributed by atoms with Crippen LogP contribution in [0.1, 0.15) is 81.6 Å². The molecule has 1 N–H and O–H groups in total. The lowest BCUT2D eigenvalue weighted by molar-refractivity contribution is -0.253. The minimum atomic E-state index is -2.31. The van der Waals surface area contributed by atoms with Gasteiger partial charge in [0.2, 0.25) is 0 Å². The van der Waals surface area contributed by atoms with Crippen molar-refractivity contribution in [2.75, 3.05) is 13.2 Å². The molecule has 4 aliphatic rings. The topological polar surface area (TPSA) is 191 Å². The maximum absolute atomic E-state index is 13.5. The molecule has 1 saturated carbocycles. The monoisotopic (exact) mass is 706 g/mol. The van der Waals surface area contributed by atoms with Crippen LogP contribution in [0, 0.1) is 29.1 Å². The van der Waals surface area contributed by atoms with Gasteiger partial charge in [0.1, 0.15) is 36.6 Å². The largest absolute Gasteiger partial charge is 0.461 e. The Labute approximate surface area is 292 Å². The molecule has 10 atom stereocenters. The van der Waals surface area contributed by atoms with Gasteiger partial charge in [-0.3, -0.25) is 28.8 Å². The van der Waals surface area contributed by atoms with Gasteiger partial charge in [0.05, 0.1) is 17.9 Å². The predicted octanol–water partition coefficient (Wildman–Crippen LogP) is 2.91. The molecule has 14 heteroatoms. The predicted molar refractivity (Wildman–Crippen MR) is 173 cm³/mol. The average molecular weight is 707 g/mol. The molecule has 0 unspecified atom stereocenters. The van der Waals surface area contributed by atoms with Gasteiger partial charge in [-0.2, -0.15) is 0 Å². The summed E-state index contributed by atoms with van der Waals surface area (Å²) in [7, 11) is 0. The van der Waals surface area contributed by atoms with Gasteiger partial charge in [-0.15, -0.1) is 0 Å². The smallest absolute Gasteiger partial charge is 0.312 e. The number of fused-ring (bicyclic) bond motifs is 3. The number of rotatable bonds is 10. The highest BCUT2D eigenvalue weighted by atomic mass is 16.6. The molecule has 14 nitrogen and oxygen atoms in total. The number of epoxide rings is 1. The fourth-order valence-electron chi connectivity index (χ4n) is 7.60. The second-order valence-corrected chi connectivity index (χ2v) is 14.9. The molecule has 2 saturated heterocycles. The number of carbonyl (C=O) groups excluding carboxylic acids is 6. The lowest BCUT2D eigenvalue weighted by atomic mass is 9.52. The number of esters is 6. The quantitative estimate of drug-likeness (QED) is 0.198. The number of hydrogen-bond acceptors (Lipinski definition) is 14. The number of ether oxygens (including phenoxy) is 7. The molecule has 0 aromatic carbocycles. The Morgan fingerprint density at radius 1 is 0.900 bits per heavy atom. The highest BCUT2D eigenvalue weighted by Crippen LogP contribution is 2.62. The molecule has 278 valence electrons. The van der Waals surface area contributed by atoms with E-state index in [1.165, 1.54) is 39.0 Å². The van der Waals surface area contributed by atoms with Gasteiger partial charge in [0.15, 0.2) is 11.7 Å². The summed E-state index contributed by atoms with van der Waals surface area (Å²) in [5, 5.41) is 12.9. The molecule has 2 aliphatic carbocycles. The van der Waals surface area contributed by atoms with Gasteiger partial charge in [0, 0.05) is 46.0 Å². The zero-order valence-corrected chi connectivity index (χ0v) is 30.2. The van der Waals surface area contributed by atoms with Gasteiger partial charge in [-0.25, -0.2) is 0 Å². The first-order chi connectivity index (χ1) is 23.2. The normalized spacial score (nSPS) is 37.7. The van der Waals surface area contributed by atoms with E-state index in [-0.39, 0.29) is 49.9 Å². The van der Waals surface area contributed by atoms with Gasteiger partial charge in [-0.05, 0) is 36.5 Å². The Balaban J connectivity index is 2.06.